The normalized spacial score (nSPS) is 27.7. The molecule has 0 aliphatic heterocycles. The molecule has 0 aromatic rings. The van der Waals surface area contributed by atoms with E-state index in [1.54, 1.807) is 0 Å². The molecule has 1 aliphatic rings. The minimum atomic E-state index is -0.264. The van der Waals surface area contributed by atoms with E-state index < -0.39 is 0 Å². The molecule has 2 heteroatoms. The molecule has 0 amide bonds. The van der Waals surface area contributed by atoms with Gasteiger partial charge in [0.05, 0.1) is 6.10 Å². The first-order valence-corrected chi connectivity index (χ1v) is 6.04. The summed E-state index contributed by atoms with van der Waals surface area (Å²) in [4.78, 5) is 11.7. The number of rotatable bonds is 3. The zero-order chi connectivity index (χ0) is 11.5. The zero-order valence-electron chi connectivity index (χ0n) is 10.5. The van der Waals surface area contributed by atoms with Crippen LogP contribution in [0, 0.1) is 11.3 Å². The fraction of sp³-hybridized carbons (Fsp3) is 0.923. The van der Waals surface area contributed by atoms with E-state index >= 15 is 0 Å². The Morgan fingerprint density at radius 2 is 2.00 bits per heavy atom. The number of hydrogen-bond donors (Lipinski definition) is 0. The smallest absolute Gasteiger partial charge is 0.163 e. The number of ketones is 1. The lowest BCUT2D eigenvalue weighted by atomic mass is 9.88. The van der Waals surface area contributed by atoms with E-state index in [9.17, 15) is 4.79 Å². The number of hydrogen-bond acceptors (Lipinski definition) is 2. The summed E-state index contributed by atoms with van der Waals surface area (Å²) in [6.45, 7) is 8.40. The van der Waals surface area contributed by atoms with Crippen molar-refractivity contribution < 1.29 is 9.53 Å². The third kappa shape index (κ3) is 4.33. The molecule has 0 N–H and O–H groups in total. The molecule has 2 unspecified atom stereocenters. The second-order valence-electron chi connectivity index (χ2n) is 5.88. The van der Waals surface area contributed by atoms with Crippen LogP contribution in [0.15, 0.2) is 0 Å². The van der Waals surface area contributed by atoms with Gasteiger partial charge < -0.3 is 4.74 Å². The Morgan fingerprint density at radius 1 is 1.33 bits per heavy atom. The zero-order valence-corrected chi connectivity index (χ0v) is 10.5. The molecule has 1 rings (SSSR count). The van der Waals surface area contributed by atoms with E-state index in [-0.39, 0.29) is 11.2 Å². The first-order valence-electron chi connectivity index (χ1n) is 6.04. The minimum absolute atomic E-state index is 0.209. The second-order valence-corrected chi connectivity index (χ2v) is 5.88. The van der Waals surface area contributed by atoms with Gasteiger partial charge in [0.1, 0.15) is 6.61 Å². The Morgan fingerprint density at radius 3 is 2.53 bits per heavy atom. The van der Waals surface area contributed by atoms with Crippen LogP contribution in [-0.4, -0.2) is 18.5 Å². The Balaban J connectivity index is 2.28. The van der Waals surface area contributed by atoms with Gasteiger partial charge in [0.15, 0.2) is 5.78 Å². The SMILES string of the molecule is CC1CCCC(OCC(=O)C(C)(C)C)C1. The quantitative estimate of drug-likeness (QED) is 0.718. The molecule has 2 nitrogen and oxygen atoms in total. The van der Waals surface area contributed by atoms with Gasteiger partial charge in [-0.1, -0.05) is 40.5 Å². The molecular formula is C13H24O2. The summed E-state index contributed by atoms with van der Waals surface area (Å²) in [7, 11) is 0. The molecular weight excluding hydrogens is 188 g/mol. The molecule has 2 atom stereocenters. The Hall–Kier alpha value is -0.370. The first-order chi connectivity index (χ1) is 6.89. The molecule has 0 heterocycles. The van der Waals surface area contributed by atoms with E-state index in [0.29, 0.717) is 12.7 Å². The molecule has 88 valence electrons. The van der Waals surface area contributed by atoms with Crippen molar-refractivity contribution in [2.75, 3.05) is 6.61 Å². The van der Waals surface area contributed by atoms with E-state index in [0.717, 1.165) is 18.8 Å². The number of carbonyl (C=O) groups excluding carboxylic acids is 1. The van der Waals surface area contributed by atoms with E-state index in [4.69, 9.17) is 4.74 Å². The van der Waals surface area contributed by atoms with Gasteiger partial charge in [-0.05, 0) is 18.8 Å². The Kier molecular flexibility index (Phi) is 4.32. The van der Waals surface area contributed by atoms with Crippen molar-refractivity contribution in [3.63, 3.8) is 0 Å². The van der Waals surface area contributed by atoms with Gasteiger partial charge in [-0.15, -0.1) is 0 Å². The van der Waals surface area contributed by atoms with Crippen LogP contribution in [0.3, 0.4) is 0 Å². The second kappa shape index (κ2) is 5.11. The lowest BCUT2D eigenvalue weighted by Crippen LogP contribution is -2.29. The number of ether oxygens (including phenoxy) is 1. The molecule has 1 aliphatic carbocycles. The van der Waals surface area contributed by atoms with Gasteiger partial charge >= 0.3 is 0 Å². The highest BCUT2D eigenvalue weighted by molar-refractivity contribution is 5.84. The maximum Gasteiger partial charge on any atom is 0.163 e. The van der Waals surface area contributed by atoms with Crippen LogP contribution in [0.25, 0.3) is 0 Å². The average molecular weight is 212 g/mol. The van der Waals surface area contributed by atoms with Crippen LogP contribution >= 0.6 is 0 Å². The topological polar surface area (TPSA) is 26.3 Å². The van der Waals surface area contributed by atoms with Gasteiger partial charge in [-0.2, -0.15) is 0 Å². The van der Waals surface area contributed by atoms with Crippen LogP contribution in [0.5, 0.6) is 0 Å². The highest BCUT2D eigenvalue weighted by Gasteiger charge is 2.24. The summed E-state index contributed by atoms with van der Waals surface area (Å²) in [6.07, 6.45) is 5.13. The highest BCUT2D eigenvalue weighted by Crippen LogP contribution is 2.26. The van der Waals surface area contributed by atoms with Crippen molar-refractivity contribution in [1.29, 1.82) is 0 Å². The molecule has 0 saturated heterocycles. The maximum atomic E-state index is 11.7. The van der Waals surface area contributed by atoms with Gasteiger partial charge in [0, 0.05) is 5.41 Å². The molecule has 0 aromatic carbocycles. The van der Waals surface area contributed by atoms with Crippen LogP contribution in [0.2, 0.25) is 0 Å². The lowest BCUT2D eigenvalue weighted by molar-refractivity contribution is -0.134. The third-order valence-electron chi connectivity index (χ3n) is 3.17. The summed E-state index contributed by atoms with van der Waals surface area (Å²) in [5.74, 6) is 0.967. The van der Waals surface area contributed by atoms with Crippen molar-refractivity contribution >= 4 is 5.78 Å². The standard InChI is InChI=1S/C13H24O2/c1-10-6-5-7-11(8-10)15-9-12(14)13(2,3)4/h10-11H,5-9H2,1-4H3. The number of carbonyl (C=O) groups is 1. The summed E-state index contributed by atoms with van der Waals surface area (Å²) >= 11 is 0. The molecule has 1 saturated carbocycles. The van der Waals surface area contributed by atoms with Gasteiger partial charge in [-0.3, -0.25) is 4.79 Å². The van der Waals surface area contributed by atoms with E-state index in [1.165, 1.54) is 12.8 Å². The summed E-state index contributed by atoms with van der Waals surface area (Å²) in [6, 6.07) is 0. The largest absolute Gasteiger partial charge is 0.370 e. The van der Waals surface area contributed by atoms with Gasteiger partial charge in [-0.25, -0.2) is 0 Å². The fourth-order valence-electron chi connectivity index (χ4n) is 1.94. The third-order valence-corrected chi connectivity index (χ3v) is 3.17. The van der Waals surface area contributed by atoms with Crippen molar-refractivity contribution in [3.05, 3.63) is 0 Å². The van der Waals surface area contributed by atoms with Gasteiger partial charge in [0.2, 0.25) is 0 Å². The van der Waals surface area contributed by atoms with Gasteiger partial charge in [0.25, 0.3) is 0 Å². The highest BCUT2D eigenvalue weighted by atomic mass is 16.5. The molecule has 15 heavy (non-hydrogen) atoms. The van der Waals surface area contributed by atoms with Crippen molar-refractivity contribution in [2.24, 2.45) is 11.3 Å². The molecule has 0 radical (unpaired) electrons. The predicted octanol–water partition coefficient (Wildman–Crippen LogP) is 3.20. The van der Waals surface area contributed by atoms with Crippen LogP contribution in [0.4, 0.5) is 0 Å². The Bertz CT molecular complexity index is 215. The van der Waals surface area contributed by atoms with E-state index in [2.05, 4.69) is 6.92 Å². The average Bonchev–Trinajstić information content (AvgIpc) is 2.12. The number of Topliss-reactive ketones (excluding diaryl/α,β-unsaturated/α-hetero) is 1. The van der Waals surface area contributed by atoms with Crippen LogP contribution < -0.4 is 0 Å². The summed E-state index contributed by atoms with van der Waals surface area (Å²) in [5.41, 5.74) is -0.264. The van der Waals surface area contributed by atoms with Crippen molar-refractivity contribution in [1.82, 2.24) is 0 Å². The fourth-order valence-corrected chi connectivity index (χ4v) is 1.94. The van der Waals surface area contributed by atoms with Crippen molar-refractivity contribution in [3.8, 4) is 0 Å². The molecule has 0 aromatic heterocycles. The minimum Gasteiger partial charge on any atom is -0.370 e. The summed E-state index contributed by atoms with van der Waals surface area (Å²) in [5, 5.41) is 0. The molecule has 0 bridgehead atoms. The van der Waals surface area contributed by atoms with Crippen LogP contribution in [-0.2, 0) is 9.53 Å². The maximum absolute atomic E-state index is 11.7. The Labute approximate surface area is 93.4 Å². The monoisotopic (exact) mass is 212 g/mol. The van der Waals surface area contributed by atoms with Crippen molar-refractivity contribution in [2.45, 2.75) is 59.5 Å². The first kappa shape index (κ1) is 12.7. The van der Waals surface area contributed by atoms with Crippen LogP contribution in [0.1, 0.15) is 53.4 Å². The lowest BCUT2D eigenvalue weighted by Gasteiger charge is -2.27. The van der Waals surface area contributed by atoms with E-state index in [1.807, 2.05) is 20.8 Å². The molecule has 1 fully saturated rings. The molecule has 0 spiro atoms. The summed E-state index contributed by atoms with van der Waals surface area (Å²) < 4.78 is 5.69. The predicted molar refractivity (Wildman–Crippen MR) is 61.8 cm³/mol.